The van der Waals surface area contributed by atoms with E-state index in [0.717, 1.165) is 11.1 Å². The van der Waals surface area contributed by atoms with Crippen molar-refractivity contribution in [2.24, 2.45) is 0 Å². The van der Waals surface area contributed by atoms with Gasteiger partial charge in [0.05, 0.1) is 12.8 Å². The molecule has 0 saturated heterocycles. The fraction of sp³-hybridized carbons (Fsp3) is 0.318. The quantitative estimate of drug-likeness (QED) is 0.676. The lowest BCUT2D eigenvalue weighted by atomic mass is 10.1. The Kier molecular flexibility index (Phi) is 8.21. The number of likely N-dealkylation sites (N-methyl/N-ethyl adjacent to an activating group) is 1. The van der Waals surface area contributed by atoms with Gasteiger partial charge in [0.2, 0.25) is 5.91 Å². The normalized spacial score (nSPS) is 11.4. The summed E-state index contributed by atoms with van der Waals surface area (Å²) >= 11 is 0. The molecular weight excluding hydrogens is 356 g/mol. The highest BCUT2D eigenvalue weighted by Crippen LogP contribution is 2.06. The lowest BCUT2D eigenvalue weighted by Gasteiger charge is -2.21. The van der Waals surface area contributed by atoms with Crippen molar-refractivity contribution in [2.45, 2.75) is 32.4 Å². The Hall–Kier alpha value is -3.15. The topological polar surface area (TPSA) is 75.7 Å². The van der Waals surface area contributed by atoms with E-state index in [0.29, 0.717) is 6.54 Å². The van der Waals surface area contributed by atoms with Gasteiger partial charge in [0.1, 0.15) is 0 Å². The maximum absolute atomic E-state index is 12.3. The Balaban J connectivity index is 1.68. The first-order valence-electron chi connectivity index (χ1n) is 9.24. The Labute approximate surface area is 165 Å². The summed E-state index contributed by atoms with van der Waals surface area (Å²) in [7, 11) is 1.67. The minimum absolute atomic E-state index is 0.0144. The predicted molar refractivity (Wildman–Crippen MR) is 106 cm³/mol. The average Bonchev–Trinajstić information content (AvgIpc) is 2.68. The molecule has 1 N–H and O–H groups in total. The molecule has 0 spiro atoms. The van der Waals surface area contributed by atoms with Crippen LogP contribution in [0.25, 0.3) is 0 Å². The monoisotopic (exact) mass is 382 g/mol. The molecule has 0 saturated carbocycles. The van der Waals surface area contributed by atoms with Crippen LogP contribution in [0.5, 0.6) is 0 Å². The third-order valence-corrected chi connectivity index (χ3v) is 4.15. The zero-order valence-corrected chi connectivity index (χ0v) is 16.3. The third kappa shape index (κ3) is 7.23. The maximum Gasteiger partial charge on any atom is 0.308 e. The number of rotatable bonds is 9. The van der Waals surface area contributed by atoms with Gasteiger partial charge in [0, 0.05) is 20.1 Å². The SMILES string of the molecule is CC(OC(=O)CCNC(=O)Cc1ccccc1)C(=O)N(C)Cc1ccccc1. The predicted octanol–water partition coefficient (Wildman–Crippen LogP) is 2.33. The molecule has 2 rings (SSSR count). The molecule has 6 nitrogen and oxygen atoms in total. The van der Waals surface area contributed by atoms with Crippen LogP contribution < -0.4 is 5.32 Å². The molecule has 6 heteroatoms. The molecule has 0 aromatic heterocycles. The van der Waals surface area contributed by atoms with Crippen molar-refractivity contribution in [2.75, 3.05) is 13.6 Å². The van der Waals surface area contributed by atoms with Gasteiger partial charge in [-0.3, -0.25) is 14.4 Å². The molecule has 0 aliphatic carbocycles. The first-order chi connectivity index (χ1) is 13.5. The number of nitrogens with one attached hydrogen (secondary N) is 1. The highest BCUT2D eigenvalue weighted by atomic mass is 16.5. The van der Waals surface area contributed by atoms with Gasteiger partial charge in [-0.05, 0) is 18.1 Å². The molecule has 1 atom stereocenters. The fourth-order valence-electron chi connectivity index (χ4n) is 2.70. The molecule has 2 amide bonds. The Bertz CT molecular complexity index is 778. The van der Waals surface area contributed by atoms with E-state index in [2.05, 4.69) is 5.32 Å². The van der Waals surface area contributed by atoms with E-state index in [1.165, 1.54) is 4.90 Å². The third-order valence-electron chi connectivity index (χ3n) is 4.15. The second kappa shape index (κ2) is 10.9. The second-order valence-corrected chi connectivity index (χ2v) is 6.57. The second-order valence-electron chi connectivity index (χ2n) is 6.57. The number of ether oxygens (including phenoxy) is 1. The summed E-state index contributed by atoms with van der Waals surface area (Å²) in [5, 5.41) is 2.68. The molecule has 0 fully saturated rings. The zero-order valence-electron chi connectivity index (χ0n) is 16.3. The van der Waals surface area contributed by atoms with Gasteiger partial charge in [-0.25, -0.2) is 0 Å². The first-order valence-corrected chi connectivity index (χ1v) is 9.24. The number of carbonyl (C=O) groups is 3. The summed E-state index contributed by atoms with van der Waals surface area (Å²) in [6, 6.07) is 18.9. The van der Waals surface area contributed by atoms with Crippen molar-refractivity contribution in [1.29, 1.82) is 0 Å². The van der Waals surface area contributed by atoms with Gasteiger partial charge >= 0.3 is 5.97 Å². The van der Waals surface area contributed by atoms with Crippen LogP contribution in [-0.2, 0) is 32.1 Å². The van der Waals surface area contributed by atoms with Crippen molar-refractivity contribution in [3.05, 3.63) is 71.8 Å². The van der Waals surface area contributed by atoms with Crippen molar-refractivity contribution < 1.29 is 19.1 Å². The van der Waals surface area contributed by atoms with Crippen molar-refractivity contribution in [3.8, 4) is 0 Å². The number of hydrogen-bond donors (Lipinski definition) is 1. The van der Waals surface area contributed by atoms with Crippen molar-refractivity contribution >= 4 is 17.8 Å². The smallest absolute Gasteiger partial charge is 0.308 e. The summed E-state index contributed by atoms with van der Waals surface area (Å²) in [5.74, 6) is -0.954. The van der Waals surface area contributed by atoms with E-state index in [9.17, 15) is 14.4 Å². The van der Waals surface area contributed by atoms with Gasteiger partial charge in [0.25, 0.3) is 5.91 Å². The Morgan fingerprint density at radius 3 is 2.14 bits per heavy atom. The molecular formula is C22H26N2O4. The largest absolute Gasteiger partial charge is 0.452 e. The zero-order chi connectivity index (χ0) is 20.4. The molecule has 1 unspecified atom stereocenters. The van der Waals surface area contributed by atoms with E-state index in [1.807, 2.05) is 60.7 Å². The maximum atomic E-state index is 12.3. The minimum Gasteiger partial charge on any atom is -0.452 e. The number of benzene rings is 2. The van der Waals surface area contributed by atoms with Crippen LogP contribution in [0, 0.1) is 0 Å². The van der Waals surface area contributed by atoms with Gasteiger partial charge < -0.3 is 15.0 Å². The highest BCUT2D eigenvalue weighted by molar-refractivity contribution is 5.83. The number of hydrogen-bond acceptors (Lipinski definition) is 4. The molecule has 0 aliphatic rings. The molecule has 2 aromatic carbocycles. The van der Waals surface area contributed by atoms with Crippen LogP contribution in [0.4, 0.5) is 0 Å². The number of nitrogens with zero attached hydrogens (tertiary/aromatic N) is 1. The lowest BCUT2D eigenvalue weighted by Crippen LogP contribution is -2.37. The van der Waals surface area contributed by atoms with Crippen LogP contribution in [0.2, 0.25) is 0 Å². The van der Waals surface area contributed by atoms with E-state index in [4.69, 9.17) is 4.74 Å². The molecule has 28 heavy (non-hydrogen) atoms. The summed E-state index contributed by atoms with van der Waals surface area (Å²) in [4.78, 5) is 37.7. The van der Waals surface area contributed by atoms with Gasteiger partial charge in [-0.1, -0.05) is 60.7 Å². The van der Waals surface area contributed by atoms with E-state index >= 15 is 0 Å². The summed E-state index contributed by atoms with van der Waals surface area (Å²) in [6.45, 7) is 2.16. The fourth-order valence-corrected chi connectivity index (χ4v) is 2.70. The molecule has 2 aromatic rings. The van der Waals surface area contributed by atoms with Crippen molar-refractivity contribution in [1.82, 2.24) is 10.2 Å². The standard InChI is InChI=1S/C22H26N2O4/c1-17(22(27)24(2)16-19-11-7-4-8-12-19)28-21(26)13-14-23-20(25)15-18-9-5-3-6-10-18/h3-12,17H,13-16H2,1-2H3,(H,23,25). The van der Waals surface area contributed by atoms with Gasteiger partial charge in [-0.15, -0.1) is 0 Å². The van der Waals surface area contributed by atoms with E-state index in [1.54, 1.807) is 14.0 Å². The van der Waals surface area contributed by atoms with E-state index in [-0.39, 0.29) is 31.2 Å². The molecule has 0 heterocycles. The number of carbonyl (C=O) groups excluding carboxylic acids is 3. The number of esters is 1. The number of amides is 2. The van der Waals surface area contributed by atoms with Crippen LogP contribution in [-0.4, -0.2) is 42.4 Å². The summed E-state index contributed by atoms with van der Waals surface area (Å²) in [5.41, 5.74) is 1.90. The van der Waals surface area contributed by atoms with E-state index < -0.39 is 12.1 Å². The highest BCUT2D eigenvalue weighted by Gasteiger charge is 2.21. The Morgan fingerprint density at radius 2 is 1.54 bits per heavy atom. The van der Waals surface area contributed by atoms with Crippen LogP contribution in [0.15, 0.2) is 60.7 Å². The molecule has 0 bridgehead atoms. The first kappa shape index (κ1) is 21.2. The summed E-state index contributed by atoms with van der Waals surface area (Å²) < 4.78 is 5.19. The van der Waals surface area contributed by atoms with Crippen molar-refractivity contribution in [3.63, 3.8) is 0 Å². The van der Waals surface area contributed by atoms with Crippen LogP contribution in [0.1, 0.15) is 24.5 Å². The molecule has 0 aliphatic heterocycles. The Morgan fingerprint density at radius 1 is 0.964 bits per heavy atom. The molecule has 0 radical (unpaired) electrons. The van der Waals surface area contributed by atoms with Gasteiger partial charge in [-0.2, -0.15) is 0 Å². The minimum atomic E-state index is -0.874. The lowest BCUT2D eigenvalue weighted by molar-refractivity contribution is -0.158. The summed E-state index contributed by atoms with van der Waals surface area (Å²) in [6.07, 6.45) is -0.600. The van der Waals surface area contributed by atoms with Gasteiger partial charge in [0.15, 0.2) is 6.10 Å². The van der Waals surface area contributed by atoms with Crippen LogP contribution >= 0.6 is 0 Å². The van der Waals surface area contributed by atoms with Crippen LogP contribution in [0.3, 0.4) is 0 Å². The molecule has 148 valence electrons. The average molecular weight is 382 g/mol.